The van der Waals surface area contributed by atoms with Gasteiger partial charge >= 0.3 is 5.63 Å². The number of fused-ring (bicyclic) bond motifs is 1. The quantitative estimate of drug-likeness (QED) is 0.348. The Morgan fingerprint density at radius 2 is 1.89 bits per heavy atom. The molecule has 10 heteroatoms. The van der Waals surface area contributed by atoms with Crippen molar-refractivity contribution in [1.82, 2.24) is 9.97 Å². The number of carbonyl (C=O) groups is 1. The Hall–Kier alpha value is -4.47. The van der Waals surface area contributed by atoms with Crippen molar-refractivity contribution in [3.05, 3.63) is 70.0 Å². The number of amides is 1. The van der Waals surface area contributed by atoms with E-state index in [1.165, 1.54) is 27.4 Å². The maximum Gasteiger partial charge on any atom is 0.343 e. The van der Waals surface area contributed by atoms with Crippen LogP contribution in [-0.4, -0.2) is 42.3 Å². The highest BCUT2D eigenvalue weighted by Gasteiger charge is 2.30. The lowest BCUT2D eigenvalue weighted by atomic mass is 9.87. The number of aryl methyl sites for hydroxylation is 1. The minimum Gasteiger partial charge on any atom is -0.507 e. The van der Waals surface area contributed by atoms with Crippen LogP contribution in [-0.2, 0) is 4.79 Å². The summed E-state index contributed by atoms with van der Waals surface area (Å²) in [6.45, 7) is 1.55. The first-order chi connectivity index (χ1) is 16.9. The highest BCUT2D eigenvalue weighted by molar-refractivity contribution is 5.93. The van der Waals surface area contributed by atoms with Gasteiger partial charge in [-0.2, -0.15) is 0 Å². The third-order valence-electron chi connectivity index (χ3n) is 5.64. The number of aromatic amines is 1. The average Bonchev–Trinajstić information content (AvgIpc) is 3.29. The van der Waals surface area contributed by atoms with Crippen LogP contribution in [0.1, 0.15) is 29.2 Å². The molecular formula is C25H25N3O7. The number of anilines is 1. The Balaban J connectivity index is 1.78. The van der Waals surface area contributed by atoms with E-state index in [1.807, 2.05) is 0 Å². The number of aromatic nitrogens is 2. The van der Waals surface area contributed by atoms with Crippen molar-refractivity contribution in [1.29, 1.82) is 0 Å². The second-order valence-corrected chi connectivity index (χ2v) is 7.81. The van der Waals surface area contributed by atoms with E-state index in [1.54, 1.807) is 43.6 Å². The summed E-state index contributed by atoms with van der Waals surface area (Å²) in [6, 6.07) is 9.89. The van der Waals surface area contributed by atoms with Gasteiger partial charge in [0.05, 0.1) is 44.3 Å². The van der Waals surface area contributed by atoms with Crippen molar-refractivity contribution in [2.75, 3.05) is 26.6 Å². The summed E-state index contributed by atoms with van der Waals surface area (Å²) >= 11 is 0. The lowest BCUT2D eigenvalue weighted by Crippen LogP contribution is -2.21. The fourth-order valence-electron chi connectivity index (χ4n) is 4.10. The normalized spacial score (nSPS) is 11.8. The molecule has 2 aromatic carbocycles. The monoisotopic (exact) mass is 479 g/mol. The van der Waals surface area contributed by atoms with E-state index >= 15 is 0 Å². The summed E-state index contributed by atoms with van der Waals surface area (Å²) < 4.78 is 21.7. The van der Waals surface area contributed by atoms with E-state index in [2.05, 4.69) is 15.3 Å². The van der Waals surface area contributed by atoms with Crippen LogP contribution < -0.4 is 25.2 Å². The number of methoxy groups -OCH3 is 3. The summed E-state index contributed by atoms with van der Waals surface area (Å²) in [4.78, 5) is 33.2. The Bertz CT molecular complexity index is 1440. The Morgan fingerprint density at radius 1 is 1.11 bits per heavy atom. The SMILES string of the molecule is COc1ccc([C@H](CC(=O)Nc2ccc3nc[nH]c3c2)c2c(O)cc(C)oc2=O)c(OC)c1OC. The fourth-order valence-corrected chi connectivity index (χ4v) is 4.10. The molecule has 0 saturated carbocycles. The molecule has 35 heavy (non-hydrogen) atoms. The fraction of sp³-hybridized carbons (Fsp3) is 0.240. The van der Waals surface area contributed by atoms with Crippen molar-refractivity contribution >= 4 is 22.6 Å². The van der Waals surface area contributed by atoms with Crippen LogP contribution in [0.5, 0.6) is 23.0 Å². The zero-order chi connectivity index (χ0) is 25.1. The summed E-state index contributed by atoms with van der Waals surface area (Å²) in [5.41, 5.74) is 1.69. The van der Waals surface area contributed by atoms with E-state index in [-0.39, 0.29) is 29.2 Å². The molecule has 0 saturated heterocycles. The first-order valence-corrected chi connectivity index (χ1v) is 10.7. The number of benzene rings is 2. The van der Waals surface area contributed by atoms with Crippen LogP contribution in [0, 0.1) is 6.92 Å². The molecule has 3 N–H and O–H groups in total. The third kappa shape index (κ3) is 4.63. The molecule has 1 amide bonds. The second kappa shape index (κ2) is 9.80. The van der Waals surface area contributed by atoms with Crippen LogP contribution in [0.25, 0.3) is 11.0 Å². The molecule has 0 spiro atoms. The lowest BCUT2D eigenvalue weighted by Gasteiger charge is -2.22. The Morgan fingerprint density at radius 3 is 2.57 bits per heavy atom. The van der Waals surface area contributed by atoms with Gasteiger partial charge in [-0.3, -0.25) is 4.79 Å². The van der Waals surface area contributed by atoms with E-state index in [4.69, 9.17) is 18.6 Å². The number of hydrogen-bond acceptors (Lipinski definition) is 8. The minimum absolute atomic E-state index is 0.0692. The van der Waals surface area contributed by atoms with Gasteiger partial charge < -0.3 is 34.0 Å². The molecule has 0 radical (unpaired) electrons. The van der Waals surface area contributed by atoms with Crippen LogP contribution >= 0.6 is 0 Å². The number of aromatic hydroxyl groups is 1. The van der Waals surface area contributed by atoms with Crippen molar-refractivity contribution in [2.45, 2.75) is 19.3 Å². The second-order valence-electron chi connectivity index (χ2n) is 7.81. The number of H-pyrrole nitrogens is 1. The Labute approximate surface area is 200 Å². The van der Waals surface area contributed by atoms with Gasteiger partial charge in [0.15, 0.2) is 11.5 Å². The first-order valence-electron chi connectivity index (χ1n) is 10.7. The Kier molecular flexibility index (Phi) is 6.63. The number of imidazole rings is 1. The highest BCUT2D eigenvalue weighted by atomic mass is 16.5. The molecule has 10 nitrogen and oxygen atoms in total. The summed E-state index contributed by atoms with van der Waals surface area (Å²) in [5, 5.41) is 13.5. The average molecular weight is 479 g/mol. The lowest BCUT2D eigenvalue weighted by molar-refractivity contribution is -0.116. The van der Waals surface area contributed by atoms with Crippen LogP contribution in [0.4, 0.5) is 5.69 Å². The largest absolute Gasteiger partial charge is 0.507 e. The summed E-state index contributed by atoms with van der Waals surface area (Å²) in [5.74, 6) is -0.396. The number of nitrogens with zero attached hydrogens (tertiary/aromatic N) is 1. The van der Waals surface area contributed by atoms with Crippen LogP contribution in [0.3, 0.4) is 0 Å². The molecule has 0 unspecified atom stereocenters. The van der Waals surface area contributed by atoms with Crippen LogP contribution in [0.15, 0.2) is 51.9 Å². The van der Waals surface area contributed by atoms with Gasteiger partial charge in [-0.25, -0.2) is 9.78 Å². The maximum absolute atomic E-state index is 13.2. The predicted molar refractivity (Wildman–Crippen MR) is 129 cm³/mol. The van der Waals surface area contributed by atoms with Crippen molar-refractivity contribution in [3.8, 4) is 23.0 Å². The molecule has 2 heterocycles. The zero-order valence-corrected chi connectivity index (χ0v) is 19.7. The van der Waals surface area contributed by atoms with E-state index < -0.39 is 17.5 Å². The number of nitrogens with one attached hydrogen (secondary N) is 2. The molecule has 1 atom stereocenters. The minimum atomic E-state index is -0.919. The molecule has 0 aliphatic rings. The van der Waals surface area contributed by atoms with E-state index in [9.17, 15) is 14.7 Å². The van der Waals surface area contributed by atoms with E-state index in [0.29, 0.717) is 22.7 Å². The van der Waals surface area contributed by atoms with Gasteiger partial charge in [0.2, 0.25) is 11.7 Å². The topological polar surface area (TPSA) is 136 Å². The zero-order valence-electron chi connectivity index (χ0n) is 19.7. The molecule has 182 valence electrons. The van der Waals surface area contributed by atoms with Gasteiger partial charge in [-0.05, 0) is 31.2 Å². The number of ether oxygens (including phenoxy) is 3. The molecule has 4 aromatic rings. The van der Waals surface area contributed by atoms with Gasteiger partial charge in [0.25, 0.3) is 0 Å². The smallest absolute Gasteiger partial charge is 0.343 e. The molecule has 0 aliphatic heterocycles. The maximum atomic E-state index is 13.2. The highest BCUT2D eigenvalue weighted by Crippen LogP contribution is 2.46. The van der Waals surface area contributed by atoms with Crippen molar-refractivity contribution < 1.29 is 28.5 Å². The number of hydrogen-bond donors (Lipinski definition) is 3. The number of carbonyl (C=O) groups excluding carboxylic acids is 1. The molecular weight excluding hydrogens is 454 g/mol. The van der Waals surface area contributed by atoms with Crippen molar-refractivity contribution in [2.24, 2.45) is 0 Å². The van der Waals surface area contributed by atoms with Gasteiger partial charge in [-0.1, -0.05) is 6.07 Å². The molecule has 2 aromatic heterocycles. The molecule has 0 fully saturated rings. The number of rotatable bonds is 8. The first kappa shape index (κ1) is 23.7. The molecule has 0 bridgehead atoms. The van der Waals surface area contributed by atoms with Crippen molar-refractivity contribution in [3.63, 3.8) is 0 Å². The molecule has 0 aliphatic carbocycles. The van der Waals surface area contributed by atoms with Crippen LogP contribution in [0.2, 0.25) is 0 Å². The standard InChI is InChI=1S/C25H25N3O7/c1-13-9-19(29)22(25(31)35-13)16(15-6-8-20(32-2)24(34-4)23(15)33-3)11-21(30)28-14-5-7-17-18(10-14)27-12-26-17/h5-10,12,16,29H,11H2,1-4H3,(H,26,27)(H,28,30)/t16-/m0/s1. The summed E-state index contributed by atoms with van der Waals surface area (Å²) in [6.07, 6.45) is 1.36. The van der Waals surface area contributed by atoms with Gasteiger partial charge in [-0.15, -0.1) is 0 Å². The predicted octanol–water partition coefficient (Wildman–Crippen LogP) is 3.72. The summed E-state index contributed by atoms with van der Waals surface area (Å²) in [7, 11) is 4.38. The molecule has 4 rings (SSSR count). The third-order valence-corrected chi connectivity index (χ3v) is 5.64. The van der Waals surface area contributed by atoms with Gasteiger partial charge in [0, 0.05) is 29.7 Å². The van der Waals surface area contributed by atoms with E-state index in [0.717, 1.165) is 11.0 Å². The van der Waals surface area contributed by atoms with Gasteiger partial charge in [0.1, 0.15) is 11.5 Å².